The van der Waals surface area contributed by atoms with E-state index in [-0.39, 0.29) is 11.3 Å². The van der Waals surface area contributed by atoms with Gasteiger partial charge in [0.1, 0.15) is 5.75 Å². The number of primary sulfonamides is 1. The van der Waals surface area contributed by atoms with Gasteiger partial charge in [-0.3, -0.25) is 9.59 Å². The summed E-state index contributed by atoms with van der Waals surface area (Å²) < 4.78 is 33.9. The number of carbonyl (C=O) groups excluding carboxylic acids is 2. The highest BCUT2D eigenvalue weighted by molar-refractivity contribution is 7.89. The number of esters is 1. The summed E-state index contributed by atoms with van der Waals surface area (Å²) in [6, 6.07) is 21.7. The Hall–Kier alpha value is -3.69. The molecular formula is C25H26N2O6S. The van der Waals surface area contributed by atoms with Crippen molar-refractivity contribution >= 4 is 27.6 Å². The molecule has 1 atom stereocenters. The van der Waals surface area contributed by atoms with Crippen LogP contribution in [0, 0.1) is 0 Å². The molecule has 178 valence electrons. The van der Waals surface area contributed by atoms with Crippen LogP contribution in [0.5, 0.6) is 5.75 Å². The SMILES string of the molecule is CCOc1ccccc1NC(=O)C(OC(=O)CCc1ccc(S(N)(=O)=O)cc1)c1ccccc1. The molecule has 0 aromatic heterocycles. The van der Waals surface area contributed by atoms with E-state index in [1.165, 1.54) is 12.1 Å². The van der Waals surface area contributed by atoms with Gasteiger partial charge in [0.25, 0.3) is 5.91 Å². The quantitative estimate of drug-likeness (QED) is 0.426. The number of hydrogen-bond donors (Lipinski definition) is 2. The van der Waals surface area contributed by atoms with Crippen LogP contribution in [0.2, 0.25) is 0 Å². The van der Waals surface area contributed by atoms with Gasteiger partial charge >= 0.3 is 5.97 Å². The standard InChI is InChI=1S/C25H26N2O6S/c1-2-32-22-11-7-6-10-21(22)27-25(29)24(19-8-4-3-5-9-19)33-23(28)17-14-18-12-15-20(16-13-18)34(26,30)31/h3-13,15-16,24H,2,14,17H2,1H3,(H,27,29)(H2,26,30,31). The number of sulfonamides is 1. The van der Waals surface area contributed by atoms with Crippen LogP contribution in [0.25, 0.3) is 0 Å². The fourth-order valence-corrected chi connectivity index (χ4v) is 3.75. The van der Waals surface area contributed by atoms with Gasteiger partial charge in [-0.1, -0.05) is 54.6 Å². The molecule has 0 saturated carbocycles. The molecule has 0 spiro atoms. The Morgan fingerprint density at radius 2 is 1.59 bits per heavy atom. The highest BCUT2D eigenvalue weighted by atomic mass is 32.2. The van der Waals surface area contributed by atoms with Gasteiger partial charge in [-0.05, 0) is 43.2 Å². The zero-order valence-electron chi connectivity index (χ0n) is 18.6. The van der Waals surface area contributed by atoms with Gasteiger partial charge in [-0.15, -0.1) is 0 Å². The fourth-order valence-electron chi connectivity index (χ4n) is 3.23. The number of hydrogen-bond acceptors (Lipinski definition) is 6. The maximum absolute atomic E-state index is 13.1. The van der Waals surface area contributed by atoms with Gasteiger partial charge in [0.05, 0.1) is 17.2 Å². The molecule has 3 aromatic carbocycles. The number of anilines is 1. The van der Waals surface area contributed by atoms with E-state index in [1.807, 2.05) is 6.92 Å². The minimum Gasteiger partial charge on any atom is -0.492 e. The largest absolute Gasteiger partial charge is 0.492 e. The van der Waals surface area contributed by atoms with Gasteiger partial charge in [0.2, 0.25) is 16.1 Å². The number of nitrogens with two attached hydrogens (primary N) is 1. The molecule has 0 aliphatic carbocycles. The van der Waals surface area contributed by atoms with E-state index in [1.54, 1.807) is 66.7 Å². The molecule has 3 aromatic rings. The Morgan fingerprint density at radius 3 is 2.24 bits per heavy atom. The van der Waals surface area contributed by atoms with Gasteiger partial charge < -0.3 is 14.8 Å². The van der Waals surface area contributed by atoms with Crippen LogP contribution in [0.3, 0.4) is 0 Å². The second-order valence-electron chi connectivity index (χ2n) is 7.39. The average molecular weight is 483 g/mol. The first-order chi connectivity index (χ1) is 16.3. The number of nitrogens with one attached hydrogen (secondary N) is 1. The van der Waals surface area contributed by atoms with Crippen LogP contribution in [0.15, 0.2) is 83.8 Å². The maximum atomic E-state index is 13.1. The summed E-state index contributed by atoms with van der Waals surface area (Å²) in [7, 11) is -3.78. The summed E-state index contributed by atoms with van der Waals surface area (Å²) in [5, 5.41) is 7.88. The first-order valence-electron chi connectivity index (χ1n) is 10.7. The molecule has 0 aliphatic heterocycles. The van der Waals surface area contributed by atoms with E-state index in [4.69, 9.17) is 14.6 Å². The molecule has 0 aliphatic rings. The van der Waals surface area contributed by atoms with Crippen molar-refractivity contribution in [1.29, 1.82) is 0 Å². The molecular weight excluding hydrogens is 456 g/mol. The van der Waals surface area contributed by atoms with Crippen molar-refractivity contribution in [3.8, 4) is 5.75 Å². The summed E-state index contributed by atoms with van der Waals surface area (Å²) >= 11 is 0. The summed E-state index contributed by atoms with van der Waals surface area (Å²) in [5.74, 6) is -0.568. The molecule has 1 unspecified atom stereocenters. The molecule has 3 N–H and O–H groups in total. The Morgan fingerprint density at radius 1 is 0.941 bits per heavy atom. The van der Waals surface area contributed by atoms with Gasteiger partial charge in [-0.25, -0.2) is 13.6 Å². The molecule has 0 radical (unpaired) electrons. The van der Waals surface area contributed by atoms with Crippen molar-refractivity contribution in [1.82, 2.24) is 0 Å². The summed E-state index contributed by atoms with van der Waals surface area (Å²) in [6.07, 6.45) is -0.853. The molecule has 1 amide bonds. The van der Waals surface area contributed by atoms with E-state index >= 15 is 0 Å². The highest BCUT2D eigenvalue weighted by Crippen LogP contribution is 2.27. The smallest absolute Gasteiger partial charge is 0.307 e. The van der Waals surface area contributed by atoms with E-state index < -0.39 is 28.0 Å². The lowest BCUT2D eigenvalue weighted by molar-refractivity contribution is -0.154. The summed E-state index contributed by atoms with van der Waals surface area (Å²) in [4.78, 5) is 25.7. The minimum atomic E-state index is -3.78. The van der Waals surface area contributed by atoms with E-state index in [0.717, 1.165) is 5.56 Å². The number of carbonyl (C=O) groups is 2. The molecule has 0 saturated heterocycles. The Labute approximate surface area is 198 Å². The van der Waals surface area contributed by atoms with Crippen molar-refractivity contribution in [2.45, 2.75) is 30.8 Å². The van der Waals surface area contributed by atoms with Crippen LogP contribution in [0.1, 0.15) is 30.6 Å². The Kier molecular flexibility index (Phi) is 8.39. The number of benzene rings is 3. The van der Waals surface area contributed by atoms with E-state index in [0.29, 0.717) is 30.0 Å². The molecule has 0 bridgehead atoms. The van der Waals surface area contributed by atoms with Crippen LogP contribution < -0.4 is 15.2 Å². The Balaban J connectivity index is 1.70. The third-order valence-electron chi connectivity index (χ3n) is 4.90. The van der Waals surface area contributed by atoms with E-state index in [2.05, 4.69) is 5.32 Å². The van der Waals surface area contributed by atoms with Crippen LogP contribution in [-0.4, -0.2) is 26.9 Å². The first-order valence-corrected chi connectivity index (χ1v) is 12.2. The summed E-state index contributed by atoms with van der Waals surface area (Å²) in [6.45, 7) is 2.28. The molecule has 34 heavy (non-hydrogen) atoms. The van der Waals surface area contributed by atoms with Crippen molar-refractivity contribution < 1.29 is 27.5 Å². The zero-order valence-corrected chi connectivity index (χ0v) is 19.5. The van der Waals surface area contributed by atoms with Crippen LogP contribution in [-0.2, 0) is 30.8 Å². The molecule has 3 rings (SSSR count). The van der Waals surface area contributed by atoms with E-state index in [9.17, 15) is 18.0 Å². The number of amides is 1. The molecule has 0 fully saturated rings. The third kappa shape index (κ3) is 6.90. The Bertz CT molecular complexity index is 1230. The number of ether oxygens (including phenoxy) is 2. The number of aryl methyl sites for hydroxylation is 1. The van der Waals surface area contributed by atoms with Crippen molar-refractivity contribution in [3.05, 3.63) is 90.0 Å². The lowest BCUT2D eigenvalue weighted by Crippen LogP contribution is -2.26. The molecule has 9 heteroatoms. The van der Waals surface area contributed by atoms with Gasteiger partial charge in [0.15, 0.2) is 0 Å². The predicted molar refractivity (Wildman–Crippen MR) is 128 cm³/mol. The second-order valence-corrected chi connectivity index (χ2v) is 8.95. The fraction of sp³-hybridized carbons (Fsp3) is 0.200. The van der Waals surface area contributed by atoms with Crippen molar-refractivity contribution in [3.63, 3.8) is 0 Å². The first kappa shape index (κ1) is 24.9. The van der Waals surface area contributed by atoms with Crippen LogP contribution in [0.4, 0.5) is 5.69 Å². The number of para-hydroxylation sites is 2. The number of rotatable bonds is 10. The second kappa shape index (κ2) is 11.4. The lowest BCUT2D eigenvalue weighted by atomic mass is 10.1. The van der Waals surface area contributed by atoms with Crippen molar-refractivity contribution in [2.24, 2.45) is 5.14 Å². The van der Waals surface area contributed by atoms with Crippen LogP contribution >= 0.6 is 0 Å². The van der Waals surface area contributed by atoms with Gasteiger partial charge in [0, 0.05) is 12.0 Å². The zero-order chi connectivity index (χ0) is 24.6. The molecule has 0 heterocycles. The minimum absolute atomic E-state index is 0.000861. The maximum Gasteiger partial charge on any atom is 0.307 e. The normalized spacial score (nSPS) is 11.9. The lowest BCUT2D eigenvalue weighted by Gasteiger charge is -2.19. The predicted octanol–water partition coefficient (Wildman–Crippen LogP) is 3.59. The van der Waals surface area contributed by atoms with Crippen molar-refractivity contribution in [2.75, 3.05) is 11.9 Å². The molecule has 8 nitrogen and oxygen atoms in total. The van der Waals surface area contributed by atoms with Gasteiger partial charge in [-0.2, -0.15) is 0 Å². The average Bonchev–Trinajstić information content (AvgIpc) is 2.83. The topological polar surface area (TPSA) is 125 Å². The third-order valence-corrected chi connectivity index (χ3v) is 5.83. The summed E-state index contributed by atoms with van der Waals surface area (Å²) in [5.41, 5.74) is 1.73. The highest BCUT2D eigenvalue weighted by Gasteiger charge is 2.26. The monoisotopic (exact) mass is 482 g/mol.